The molecule has 3 rings (SSSR count). The van der Waals surface area contributed by atoms with Crippen LogP contribution in [0, 0.1) is 5.92 Å². The zero-order valence-electron chi connectivity index (χ0n) is 12.1. The van der Waals surface area contributed by atoms with Gasteiger partial charge < -0.3 is 14.5 Å². The van der Waals surface area contributed by atoms with Gasteiger partial charge in [-0.25, -0.2) is 0 Å². The monoisotopic (exact) mass is 294 g/mol. The Balaban J connectivity index is 1.78. The predicted octanol–water partition coefficient (Wildman–Crippen LogP) is 1.93. The Morgan fingerprint density at radius 2 is 2.30 bits per heavy atom. The maximum atomic E-state index is 12.6. The van der Waals surface area contributed by atoms with Crippen LogP contribution in [0.25, 0.3) is 0 Å². The Kier molecular flexibility index (Phi) is 4.10. The van der Waals surface area contributed by atoms with Crippen molar-refractivity contribution in [1.82, 2.24) is 9.80 Å². The van der Waals surface area contributed by atoms with Gasteiger partial charge >= 0.3 is 0 Å². The lowest BCUT2D eigenvalue weighted by Gasteiger charge is -2.47. The van der Waals surface area contributed by atoms with E-state index in [9.17, 15) is 4.79 Å². The third-order valence-corrected chi connectivity index (χ3v) is 5.28. The van der Waals surface area contributed by atoms with Crippen LogP contribution in [-0.2, 0) is 4.74 Å². The van der Waals surface area contributed by atoms with Crippen molar-refractivity contribution in [3.05, 3.63) is 22.4 Å². The maximum absolute atomic E-state index is 12.6. The number of carbonyl (C=O) groups is 1. The number of nitrogens with zero attached hydrogens (tertiary/aromatic N) is 2. The third kappa shape index (κ3) is 2.62. The van der Waals surface area contributed by atoms with Crippen molar-refractivity contribution in [1.29, 1.82) is 0 Å². The number of thiophene rings is 1. The molecule has 20 heavy (non-hydrogen) atoms. The number of rotatable bonds is 2. The van der Waals surface area contributed by atoms with Gasteiger partial charge in [0.05, 0.1) is 17.0 Å². The van der Waals surface area contributed by atoms with Crippen LogP contribution in [-0.4, -0.2) is 61.6 Å². The van der Waals surface area contributed by atoms with E-state index in [1.165, 1.54) is 17.8 Å². The van der Waals surface area contributed by atoms with E-state index in [0.717, 1.165) is 31.0 Å². The summed E-state index contributed by atoms with van der Waals surface area (Å²) in [4.78, 5) is 17.7. The Bertz CT molecular complexity index is 460. The average Bonchev–Trinajstić information content (AvgIpc) is 2.99. The molecule has 1 aromatic heterocycles. The molecule has 0 aromatic carbocycles. The fourth-order valence-corrected chi connectivity index (χ4v) is 4.04. The van der Waals surface area contributed by atoms with Crippen molar-refractivity contribution in [3.8, 4) is 0 Å². The molecule has 0 radical (unpaired) electrons. The molecule has 0 saturated carbocycles. The molecule has 1 amide bonds. The van der Waals surface area contributed by atoms with Crippen LogP contribution < -0.4 is 0 Å². The molecule has 0 aliphatic carbocycles. The van der Waals surface area contributed by atoms with Crippen LogP contribution in [0.1, 0.15) is 22.5 Å². The lowest BCUT2D eigenvalue weighted by atomic mass is 9.85. The minimum atomic E-state index is 0.177. The molecule has 0 unspecified atom stereocenters. The van der Waals surface area contributed by atoms with Crippen LogP contribution in [0.4, 0.5) is 0 Å². The summed E-state index contributed by atoms with van der Waals surface area (Å²) in [6.07, 6.45) is 2.57. The summed E-state index contributed by atoms with van der Waals surface area (Å²) in [6.45, 7) is 2.47. The lowest BCUT2D eigenvalue weighted by Crippen LogP contribution is -2.60. The van der Waals surface area contributed by atoms with E-state index < -0.39 is 0 Å². The van der Waals surface area contributed by atoms with E-state index in [2.05, 4.69) is 19.0 Å². The van der Waals surface area contributed by atoms with Crippen molar-refractivity contribution < 1.29 is 9.53 Å². The van der Waals surface area contributed by atoms with Gasteiger partial charge in [-0.15, -0.1) is 11.3 Å². The van der Waals surface area contributed by atoms with Gasteiger partial charge in [0.15, 0.2) is 0 Å². The first kappa shape index (κ1) is 14.0. The number of ether oxygens (including phenoxy) is 1. The summed E-state index contributed by atoms with van der Waals surface area (Å²) in [7, 11) is 4.16. The Morgan fingerprint density at radius 3 is 3.00 bits per heavy atom. The number of amides is 1. The number of fused-ring (bicyclic) bond motifs is 1. The highest BCUT2D eigenvalue weighted by atomic mass is 32.1. The second kappa shape index (κ2) is 5.84. The minimum Gasteiger partial charge on any atom is -0.376 e. The molecule has 4 nitrogen and oxygen atoms in total. The molecule has 0 bridgehead atoms. The number of hydrogen-bond acceptors (Lipinski definition) is 4. The molecule has 2 saturated heterocycles. The third-order valence-electron chi connectivity index (χ3n) is 4.42. The topological polar surface area (TPSA) is 32.8 Å². The molecule has 0 spiro atoms. The van der Waals surface area contributed by atoms with Crippen molar-refractivity contribution in [3.63, 3.8) is 0 Å². The lowest BCUT2D eigenvalue weighted by molar-refractivity contribution is -0.0996. The predicted molar refractivity (Wildman–Crippen MR) is 80.2 cm³/mol. The van der Waals surface area contributed by atoms with Crippen molar-refractivity contribution in [2.24, 2.45) is 5.92 Å². The van der Waals surface area contributed by atoms with Gasteiger partial charge in [0, 0.05) is 25.6 Å². The number of likely N-dealkylation sites (tertiary alicyclic amines) is 1. The highest BCUT2D eigenvalue weighted by Crippen LogP contribution is 2.31. The number of piperidine rings is 1. The van der Waals surface area contributed by atoms with Gasteiger partial charge in [-0.1, -0.05) is 6.07 Å². The van der Waals surface area contributed by atoms with Gasteiger partial charge in [-0.3, -0.25) is 4.79 Å². The molecule has 5 heteroatoms. The van der Waals surface area contributed by atoms with Crippen LogP contribution in [0.2, 0.25) is 0 Å². The normalized spacial score (nSPS) is 30.4. The molecular weight excluding hydrogens is 272 g/mol. The molecule has 110 valence electrons. The van der Waals surface area contributed by atoms with E-state index in [1.54, 1.807) is 0 Å². The van der Waals surface area contributed by atoms with Crippen molar-refractivity contribution in [2.75, 3.05) is 33.8 Å². The molecule has 3 atom stereocenters. The Morgan fingerprint density at radius 1 is 1.45 bits per heavy atom. The fourth-order valence-electron chi connectivity index (χ4n) is 3.35. The van der Waals surface area contributed by atoms with Gasteiger partial charge in [-0.05, 0) is 38.4 Å². The van der Waals surface area contributed by atoms with Crippen LogP contribution in [0.5, 0.6) is 0 Å². The number of hydrogen-bond donors (Lipinski definition) is 0. The van der Waals surface area contributed by atoms with Gasteiger partial charge in [0.2, 0.25) is 0 Å². The zero-order chi connectivity index (χ0) is 14.1. The highest BCUT2D eigenvalue weighted by Gasteiger charge is 2.41. The molecule has 2 fully saturated rings. The first-order chi connectivity index (χ1) is 9.66. The molecule has 2 aliphatic rings. The van der Waals surface area contributed by atoms with Crippen molar-refractivity contribution in [2.45, 2.75) is 25.0 Å². The van der Waals surface area contributed by atoms with E-state index in [0.29, 0.717) is 12.0 Å². The average molecular weight is 294 g/mol. The molecular formula is C15H22N2O2S. The summed E-state index contributed by atoms with van der Waals surface area (Å²) < 4.78 is 6.00. The zero-order valence-corrected chi connectivity index (χ0v) is 12.9. The smallest absolute Gasteiger partial charge is 0.263 e. The quantitative estimate of drug-likeness (QED) is 0.835. The summed E-state index contributed by atoms with van der Waals surface area (Å²) in [5.74, 6) is 0.657. The summed E-state index contributed by atoms with van der Waals surface area (Å²) in [5.41, 5.74) is 0. The molecule has 3 heterocycles. The fraction of sp³-hybridized carbons (Fsp3) is 0.667. The van der Waals surface area contributed by atoms with E-state index in [1.807, 2.05) is 22.4 Å². The minimum absolute atomic E-state index is 0.177. The molecule has 1 aromatic rings. The summed E-state index contributed by atoms with van der Waals surface area (Å²) in [5, 5.41) is 1.97. The second-order valence-corrected chi connectivity index (χ2v) is 6.90. The number of carbonyl (C=O) groups excluding carboxylic acids is 1. The first-order valence-corrected chi connectivity index (χ1v) is 8.15. The van der Waals surface area contributed by atoms with Gasteiger partial charge in [0.25, 0.3) is 5.91 Å². The largest absolute Gasteiger partial charge is 0.376 e. The van der Waals surface area contributed by atoms with Crippen molar-refractivity contribution >= 4 is 17.2 Å². The van der Waals surface area contributed by atoms with E-state index in [4.69, 9.17) is 4.74 Å². The first-order valence-electron chi connectivity index (χ1n) is 7.27. The standard InChI is InChI=1S/C15H22N2O2S/c1-16(2)12-10-17(15(18)13-6-4-8-20-13)9-11-5-3-7-19-14(11)12/h4,6,8,11-12,14H,3,5,7,9-10H2,1-2H3/t11-,12+,14-/m0/s1. The molecule has 0 N–H and O–H groups in total. The van der Waals surface area contributed by atoms with E-state index >= 15 is 0 Å². The SMILES string of the molecule is CN(C)[C@@H]1CN(C(=O)c2cccs2)C[C@@H]2CCCO[C@@H]21. The molecule has 2 aliphatic heterocycles. The van der Waals surface area contributed by atoms with Gasteiger partial charge in [0.1, 0.15) is 0 Å². The summed E-state index contributed by atoms with van der Waals surface area (Å²) >= 11 is 1.53. The van der Waals surface area contributed by atoms with Gasteiger partial charge in [-0.2, -0.15) is 0 Å². The van der Waals surface area contributed by atoms with Crippen LogP contribution in [0.15, 0.2) is 17.5 Å². The summed E-state index contributed by atoms with van der Waals surface area (Å²) in [6, 6.07) is 4.16. The maximum Gasteiger partial charge on any atom is 0.263 e. The van der Waals surface area contributed by atoms with Crippen LogP contribution in [0.3, 0.4) is 0 Å². The van der Waals surface area contributed by atoms with E-state index in [-0.39, 0.29) is 12.0 Å². The second-order valence-electron chi connectivity index (χ2n) is 5.96. The Labute approximate surface area is 124 Å². The highest BCUT2D eigenvalue weighted by molar-refractivity contribution is 7.12. The number of likely N-dealkylation sites (N-methyl/N-ethyl adjacent to an activating group) is 1. The van der Waals surface area contributed by atoms with Crippen LogP contribution >= 0.6 is 11.3 Å². The Hall–Kier alpha value is -0.910.